The number of amides is 2. The van der Waals surface area contributed by atoms with Crippen LogP contribution >= 0.6 is 0 Å². The Hall–Kier alpha value is -5.71. The maximum Gasteiger partial charge on any atom is 0.248 e. The van der Waals surface area contributed by atoms with Crippen molar-refractivity contribution in [2.24, 2.45) is 32.9 Å². The monoisotopic (exact) mass is 533 g/mol. The van der Waals surface area contributed by atoms with Gasteiger partial charge in [-0.2, -0.15) is 0 Å². The number of hydrogen-bond donors (Lipinski definition) is 5. The van der Waals surface area contributed by atoms with Crippen LogP contribution in [0.1, 0.15) is 20.7 Å². The second kappa shape index (κ2) is 11.0. The molecule has 200 valence electrons. The molecular weight excluding hydrogens is 506 g/mol. The molecule has 40 heavy (non-hydrogen) atoms. The number of aliphatic imine (C=N–C) groups is 1. The summed E-state index contributed by atoms with van der Waals surface area (Å²) in [4.78, 5) is 36.9. The Labute approximate surface area is 229 Å². The van der Waals surface area contributed by atoms with Gasteiger partial charge >= 0.3 is 0 Å². The summed E-state index contributed by atoms with van der Waals surface area (Å²) in [5, 5.41) is 4.03. The Bertz CT molecular complexity index is 1790. The summed E-state index contributed by atoms with van der Waals surface area (Å²) in [6.07, 6.45) is 0. The number of hydrogen-bond acceptors (Lipinski definition) is 6. The molecule has 11 nitrogen and oxygen atoms in total. The van der Waals surface area contributed by atoms with Crippen LogP contribution in [0.4, 0.5) is 11.4 Å². The van der Waals surface area contributed by atoms with E-state index in [-0.39, 0.29) is 5.96 Å². The molecule has 0 aromatic heterocycles. The molecule has 1 heterocycles. The van der Waals surface area contributed by atoms with Gasteiger partial charge in [0, 0.05) is 22.5 Å². The van der Waals surface area contributed by atoms with Crippen LogP contribution in [0.15, 0.2) is 94.9 Å². The standard InChI is InChI=1S/C29H27N9O2/c30-27(39)17-5-9-19(10-6-17)36-23-15-24-26(16-22(23)34-13-14-35-29(32)33)38(25-4-2-1-3-21(25)37-24)20-11-7-18(8-12-20)28(31)40/h1-12,15-16,36H,13-14H2,(H2,30,39)(H2,31,40)(H4,32,33,35). The van der Waals surface area contributed by atoms with Gasteiger partial charge in [0.05, 0.1) is 46.6 Å². The average Bonchev–Trinajstić information content (AvgIpc) is 2.94. The number of nitrogens with one attached hydrogen (secondary N) is 1. The first-order valence-electron chi connectivity index (χ1n) is 12.4. The largest absolute Gasteiger partial charge is 0.370 e. The minimum absolute atomic E-state index is 0.00507. The number of carbonyl (C=O) groups excluding carboxylic acids is 2. The predicted octanol–water partition coefficient (Wildman–Crippen LogP) is 2.25. The minimum Gasteiger partial charge on any atom is -0.370 e. The highest BCUT2D eigenvalue weighted by atomic mass is 16.1. The first-order chi connectivity index (χ1) is 19.3. The van der Waals surface area contributed by atoms with Crippen molar-refractivity contribution < 1.29 is 9.59 Å². The van der Waals surface area contributed by atoms with Gasteiger partial charge in [0.15, 0.2) is 5.96 Å². The predicted molar refractivity (Wildman–Crippen MR) is 156 cm³/mol. The van der Waals surface area contributed by atoms with Crippen molar-refractivity contribution >= 4 is 40.2 Å². The van der Waals surface area contributed by atoms with Crippen molar-refractivity contribution in [1.82, 2.24) is 9.55 Å². The number of para-hydroxylation sites is 2. The van der Waals surface area contributed by atoms with Crippen LogP contribution in [0, 0.1) is 0 Å². The zero-order chi connectivity index (χ0) is 28.2. The molecular formula is C29H27N9O2. The van der Waals surface area contributed by atoms with Gasteiger partial charge in [-0.25, -0.2) is 4.98 Å². The maximum absolute atomic E-state index is 11.7. The number of primary amides is 2. The molecule has 3 aromatic carbocycles. The van der Waals surface area contributed by atoms with Crippen molar-refractivity contribution in [1.29, 1.82) is 0 Å². The summed E-state index contributed by atoms with van der Waals surface area (Å²) in [6.45, 7) is 0.657. The lowest BCUT2D eigenvalue weighted by Crippen LogP contribution is -2.23. The van der Waals surface area contributed by atoms with Gasteiger partial charge in [-0.3, -0.25) is 19.6 Å². The normalized spacial score (nSPS) is 11.4. The molecule has 1 aliphatic carbocycles. The van der Waals surface area contributed by atoms with Gasteiger partial charge in [-0.15, -0.1) is 0 Å². The SMILES string of the molecule is NC(=O)c1ccc(Nc2cc3nc4ccccc4n(-c4ccc(C(N)=O)cc4)c-3cc2=NCCN=C(N)N)cc1. The van der Waals surface area contributed by atoms with E-state index in [1.54, 1.807) is 36.4 Å². The zero-order valence-corrected chi connectivity index (χ0v) is 21.4. The number of benzene rings is 4. The van der Waals surface area contributed by atoms with Gasteiger partial charge in [0.25, 0.3) is 0 Å². The Morgan fingerprint density at radius 3 is 2.10 bits per heavy atom. The van der Waals surface area contributed by atoms with Crippen LogP contribution in [-0.2, 0) is 0 Å². The van der Waals surface area contributed by atoms with Crippen LogP contribution in [0.3, 0.4) is 0 Å². The highest BCUT2D eigenvalue weighted by Gasteiger charge is 2.17. The lowest BCUT2D eigenvalue weighted by molar-refractivity contribution is 0.0992. The number of guanidine groups is 1. The molecule has 0 atom stereocenters. The molecule has 5 rings (SSSR count). The third kappa shape index (κ3) is 5.43. The molecule has 0 fully saturated rings. The van der Waals surface area contributed by atoms with Gasteiger partial charge in [0.1, 0.15) is 0 Å². The summed E-state index contributed by atoms with van der Waals surface area (Å²) in [5.74, 6) is -1.01. The number of carbonyl (C=O) groups is 2. The number of anilines is 2. The summed E-state index contributed by atoms with van der Waals surface area (Å²) in [6, 6.07) is 25.5. The van der Waals surface area contributed by atoms with Crippen LogP contribution in [0.25, 0.3) is 28.1 Å². The molecule has 0 spiro atoms. The van der Waals surface area contributed by atoms with Crippen LogP contribution in [0.5, 0.6) is 0 Å². The second-order valence-corrected chi connectivity index (χ2v) is 8.96. The first kappa shape index (κ1) is 25.9. The fourth-order valence-electron chi connectivity index (χ4n) is 4.35. The molecule has 0 saturated heterocycles. The number of aromatic nitrogens is 2. The summed E-state index contributed by atoms with van der Waals surface area (Å²) < 4.78 is 2.06. The molecule has 0 unspecified atom stereocenters. The molecule has 3 aromatic rings. The number of rotatable bonds is 8. The van der Waals surface area contributed by atoms with Crippen molar-refractivity contribution in [3.63, 3.8) is 0 Å². The molecule has 9 N–H and O–H groups in total. The van der Waals surface area contributed by atoms with E-state index >= 15 is 0 Å². The molecule has 11 heteroatoms. The lowest BCUT2D eigenvalue weighted by Gasteiger charge is -2.20. The van der Waals surface area contributed by atoms with Gasteiger partial charge in [0.2, 0.25) is 11.8 Å². The lowest BCUT2D eigenvalue weighted by atomic mass is 10.1. The van der Waals surface area contributed by atoms with Gasteiger partial charge in [-0.1, -0.05) is 12.1 Å². The summed E-state index contributed by atoms with van der Waals surface area (Å²) in [7, 11) is 0. The van der Waals surface area contributed by atoms with Crippen molar-refractivity contribution in [3.8, 4) is 17.1 Å². The second-order valence-electron chi connectivity index (χ2n) is 8.96. The third-order valence-electron chi connectivity index (χ3n) is 6.23. The van der Waals surface area contributed by atoms with Crippen molar-refractivity contribution in [3.05, 3.63) is 101 Å². The topological polar surface area (TPSA) is 193 Å². The molecule has 2 amide bonds. The molecule has 0 radical (unpaired) electrons. The van der Waals surface area contributed by atoms with Crippen LogP contribution < -0.4 is 33.6 Å². The van der Waals surface area contributed by atoms with Crippen molar-refractivity contribution in [2.75, 3.05) is 18.4 Å². The number of nitrogens with two attached hydrogens (primary N) is 4. The van der Waals surface area contributed by atoms with E-state index < -0.39 is 11.8 Å². The van der Waals surface area contributed by atoms with Crippen LogP contribution in [0.2, 0.25) is 0 Å². The Morgan fingerprint density at radius 1 is 0.800 bits per heavy atom. The molecule has 0 saturated carbocycles. The fraction of sp³-hybridized carbons (Fsp3) is 0.0690. The van der Waals surface area contributed by atoms with Crippen LogP contribution in [-0.4, -0.2) is 40.4 Å². The smallest absolute Gasteiger partial charge is 0.248 e. The first-order valence-corrected chi connectivity index (χ1v) is 12.4. The van der Waals surface area contributed by atoms with E-state index in [1.807, 2.05) is 48.5 Å². The van der Waals surface area contributed by atoms with Gasteiger partial charge < -0.3 is 32.8 Å². The molecule has 2 aliphatic rings. The number of nitrogens with zero attached hydrogens (tertiary/aromatic N) is 4. The zero-order valence-electron chi connectivity index (χ0n) is 21.4. The minimum atomic E-state index is -0.503. The third-order valence-corrected chi connectivity index (χ3v) is 6.23. The van der Waals surface area contributed by atoms with E-state index in [4.69, 9.17) is 32.9 Å². The highest BCUT2D eigenvalue weighted by molar-refractivity contribution is 5.94. The number of fused-ring (bicyclic) bond motifs is 2. The van der Waals surface area contributed by atoms with E-state index in [1.165, 1.54) is 0 Å². The van der Waals surface area contributed by atoms with Crippen molar-refractivity contribution in [2.45, 2.75) is 0 Å². The van der Waals surface area contributed by atoms with Gasteiger partial charge in [-0.05, 0) is 72.8 Å². The Kier molecular flexibility index (Phi) is 7.10. The fourth-order valence-corrected chi connectivity index (χ4v) is 4.35. The van der Waals surface area contributed by atoms with E-state index in [0.29, 0.717) is 41.0 Å². The Morgan fingerprint density at radius 2 is 1.45 bits per heavy atom. The average molecular weight is 534 g/mol. The van der Waals surface area contributed by atoms with E-state index in [2.05, 4.69) is 14.9 Å². The Balaban J connectivity index is 1.71. The summed E-state index contributed by atoms with van der Waals surface area (Å²) >= 11 is 0. The van der Waals surface area contributed by atoms with E-state index in [0.717, 1.165) is 28.1 Å². The molecule has 0 bridgehead atoms. The summed E-state index contributed by atoms with van der Waals surface area (Å²) in [5.41, 5.74) is 28.0. The highest BCUT2D eigenvalue weighted by Crippen LogP contribution is 2.30. The maximum atomic E-state index is 11.7. The quantitative estimate of drug-likeness (QED) is 0.0878. The van der Waals surface area contributed by atoms with E-state index in [9.17, 15) is 9.59 Å². The molecule has 1 aliphatic heterocycles.